The number of fused-ring (bicyclic) bond motifs is 1. The van der Waals surface area contributed by atoms with E-state index in [1.165, 1.54) is 25.6 Å². The average molecular weight is 387 g/mol. The second-order valence-corrected chi connectivity index (χ2v) is 6.38. The smallest absolute Gasteiger partial charge is 0.0448 e. The number of anilines is 1. The molecule has 0 spiro atoms. The minimum atomic E-state index is 0.946. The van der Waals surface area contributed by atoms with E-state index >= 15 is 0 Å². The normalized spacial score (nSPS) is 10.8. The van der Waals surface area contributed by atoms with E-state index in [9.17, 15) is 0 Å². The van der Waals surface area contributed by atoms with Crippen molar-refractivity contribution in [2.45, 2.75) is 13.5 Å². The first-order chi connectivity index (χ1) is 10.3. The van der Waals surface area contributed by atoms with Crippen LogP contribution < -0.4 is 4.90 Å². The highest BCUT2D eigenvalue weighted by Gasteiger charge is 2.08. The number of hydrogen-bond acceptors (Lipinski definition) is 1. The van der Waals surface area contributed by atoms with Crippen LogP contribution in [-0.2, 0) is 6.54 Å². The summed E-state index contributed by atoms with van der Waals surface area (Å²) in [7, 11) is 0. The summed E-state index contributed by atoms with van der Waals surface area (Å²) in [4.78, 5) is 2.44. The van der Waals surface area contributed by atoms with Gasteiger partial charge in [-0.2, -0.15) is 0 Å². The summed E-state index contributed by atoms with van der Waals surface area (Å²) in [5.41, 5.74) is 2.67. The third kappa shape index (κ3) is 3.21. The zero-order valence-electron chi connectivity index (χ0n) is 12.1. The lowest BCUT2D eigenvalue weighted by Gasteiger charge is -2.25. The van der Waals surface area contributed by atoms with Gasteiger partial charge in [0.05, 0.1) is 0 Å². The molecule has 106 valence electrons. The van der Waals surface area contributed by atoms with Crippen LogP contribution in [0.2, 0.25) is 0 Å². The van der Waals surface area contributed by atoms with E-state index in [0.29, 0.717) is 0 Å². The Bertz CT molecular complexity index is 729. The predicted octanol–water partition coefficient (Wildman–Crippen LogP) is 5.47. The topological polar surface area (TPSA) is 3.24 Å². The minimum absolute atomic E-state index is 0.946. The molecule has 0 atom stereocenters. The molecule has 0 aliphatic carbocycles. The maximum Gasteiger partial charge on any atom is 0.0448 e. The number of hydrogen-bond donors (Lipinski definition) is 0. The lowest BCUT2D eigenvalue weighted by Crippen LogP contribution is -2.22. The third-order valence-electron chi connectivity index (χ3n) is 3.78. The maximum atomic E-state index is 2.44. The summed E-state index contributed by atoms with van der Waals surface area (Å²) < 4.78 is 1.28. The van der Waals surface area contributed by atoms with Gasteiger partial charge >= 0.3 is 0 Å². The van der Waals surface area contributed by atoms with E-state index in [1.807, 2.05) is 0 Å². The van der Waals surface area contributed by atoms with Crippen molar-refractivity contribution >= 4 is 39.1 Å². The van der Waals surface area contributed by atoms with Crippen molar-refractivity contribution in [3.63, 3.8) is 0 Å². The van der Waals surface area contributed by atoms with Gasteiger partial charge in [-0.05, 0) is 58.7 Å². The zero-order valence-corrected chi connectivity index (χ0v) is 14.2. The Morgan fingerprint density at radius 2 is 1.57 bits per heavy atom. The van der Waals surface area contributed by atoms with Crippen LogP contribution in [0.4, 0.5) is 5.69 Å². The highest BCUT2D eigenvalue weighted by atomic mass is 127. The number of halogens is 1. The molecule has 0 aliphatic heterocycles. The lowest BCUT2D eigenvalue weighted by molar-refractivity contribution is 0.836. The van der Waals surface area contributed by atoms with E-state index in [2.05, 4.69) is 101 Å². The van der Waals surface area contributed by atoms with E-state index in [-0.39, 0.29) is 0 Å². The second-order valence-electron chi connectivity index (χ2n) is 5.14. The van der Waals surface area contributed by atoms with Crippen molar-refractivity contribution in [3.05, 3.63) is 75.9 Å². The van der Waals surface area contributed by atoms with Crippen LogP contribution in [0.25, 0.3) is 10.8 Å². The van der Waals surface area contributed by atoms with Gasteiger partial charge in [-0.3, -0.25) is 0 Å². The molecular formula is C19H18IN. The van der Waals surface area contributed by atoms with Gasteiger partial charge in [0.25, 0.3) is 0 Å². The molecular weight excluding hydrogens is 369 g/mol. The molecule has 0 saturated carbocycles. The summed E-state index contributed by atoms with van der Waals surface area (Å²) in [6.45, 7) is 4.16. The van der Waals surface area contributed by atoms with Crippen LogP contribution in [0.3, 0.4) is 0 Å². The number of nitrogens with zero attached hydrogens (tertiary/aromatic N) is 1. The predicted molar refractivity (Wildman–Crippen MR) is 99.8 cm³/mol. The molecule has 2 heteroatoms. The largest absolute Gasteiger partial charge is 0.367 e. The molecule has 0 radical (unpaired) electrons. The molecule has 1 nitrogen and oxygen atoms in total. The van der Waals surface area contributed by atoms with E-state index in [0.717, 1.165) is 13.1 Å². The van der Waals surface area contributed by atoms with Gasteiger partial charge in [0.15, 0.2) is 0 Å². The minimum Gasteiger partial charge on any atom is -0.367 e. The SMILES string of the molecule is CCN(Cc1ccc(I)cc1)c1cccc2ccccc12. The Balaban J connectivity index is 1.96. The second kappa shape index (κ2) is 6.48. The first-order valence-electron chi connectivity index (χ1n) is 7.25. The van der Waals surface area contributed by atoms with Gasteiger partial charge in [0, 0.05) is 27.7 Å². The summed E-state index contributed by atoms with van der Waals surface area (Å²) in [5.74, 6) is 0. The Morgan fingerprint density at radius 3 is 2.33 bits per heavy atom. The molecule has 0 saturated heterocycles. The molecule has 0 aliphatic rings. The van der Waals surface area contributed by atoms with Crippen LogP contribution in [-0.4, -0.2) is 6.54 Å². The molecule has 0 aromatic heterocycles. The summed E-state index contributed by atoms with van der Waals surface area (Å²) >= 11 is 2.35. The van der Waals surface area contributed by atoms with Crippen LogP contribution in [0.5, 0.6) is 0 Å². The van der Waals surface area contributed by atoms with Gasteiger partial charge in [-0.25, -0.2) is 0 Å². The standard InChI is InChI=1S/C19H18IN/c1-2-21(14-15-10-12-17(20)13-11-15)19-9-5-7-16-6-3-4-8-18(16)19/h3-13H,2,14H2,1H3. The monoisotopic (exact) mass is 387 g/mol. The molecule has 3 aromatic carbocycles. The maximum absolute atomic E-state index is 2.44. The van der Waals surface area contributed by atoms with Crippen molar-refractivity contribution in [2.24, 2.45) is 0 Å². The molecule has 21 heavy (non-hydrogen) atoms. The van der Waals surface area contributed by atoms with E-state index < -0.39 is 0 Å². The number of rotatable bonds is 4. The molecule has 0 bridgehead atoms. The molecule has 0 heterocycles. The van der Waals surface area contributed by atoms with Crippen molar-refractivity contribution in [2.75, 3.05) is 11.4 Å². The van der Waals surface area contributed by atoms with E-state index in [1.54, 1.807) is 0 Å². The summed E-state index contributed by atoms with van der Waals surface area (Å²) in [5, 5.41) is 2.63. The molecule has 0 fully saturated rings. The van der Waals surface area contributed by atoms with Crippen LogP contribution in [0, 0.1) is 3.57 Å². The van der Waals surface area contributed by atoms with Crippen LogP contribution >= 0.6 is 22.6 Å². The van der Waals surface area contributed by atoms with Crippen molar-refractivity contribution in [1.29, 1.82) is 0 Å². The average Bonchev–Trinajstić information content (AvgIpc) is 2.54. The Kier molecular flexibility index (Phi) is 4.44. The first-order valence-corrected chi connectivity index (χ1v) is 8.33. The van der Waals surface area contributed by atoms with Gasteiger partial charge in [-0.1, -0.05) is 48.5 Å². The van der Waals surface area contributed by atoms with Crippen LogP contribution in [0.15, 0.2) is 66.7 Å². The summed E-state index contributed by atoms with van der Waals surface area (Å²) in [6, 6.07) is 23.9. The highest BCUT2D eigenvalue weighted by Crippen LogP contribution is 2.27. The molecule has 3 aromatic rings. The molecule has 3 rings (SSSR count). The molecule has 0 N–H and O–H groups in total. The summed E-state index contributed by atoms with van der Waals surface area (Å²) in [6.07, 6.45) is 0. The third-order valence-corrected chi connectivity index (χ3v) is 4.49. The van der Waals surface area contributed by atoms with Gasteiger partial charge in [0.1, 0.15) is 0 Å². The Morgan fingerprint density at radius 1 is 0.857 bits per heavy atom. The Hall–Kier alpha value is -1.55. The zero-order chi connectivity index (χ0) is 14.7. The van der Waals surface area contributed by atoms with E-state index in [4.69, 9.17) is 0 Å². The Labute approximate surface area is 139 Å². The molecule has 0 amide bonds. The lowest BCUT2D eigenvalue weighted by atomic mass is 10.1. The fraction of sp³-hybridized carbons (Fsp3) is 0.158. The van der Waals surface area contributed by atoms with Crippen molar-refractivity contribution in [3.8, 4) is 0 Å². The first kappa shape index (κ1) is 14.4. The fourth-order valence-electron chi connectivity index (χ4n) is 2.66. The fourth-order valence-corrected chi connectivity index (χ4v) is 3.02. The van der Waals surface area contributed by atoms with Crippen molar-refractivity contribution < 1.29 is 0 Å². The van der Waals surface area contributed by atoms with Gasteiger partial charge in [0.2, 0.25) is 0 Å². The quantitative estimate of drug-likeness (QED) is 0.537. The highest BCUT2D eigenvalue weighted by molar-refractivity contribution is 14.1. The van der Waals surface area contributed by atoms with Crippen molar-refractivity contribution in [1.82, 2.24) is 0 Å². The van der Waals surface area contributed by atoms with Gasteiger partial charge < -0.3 is 4.90 Å². The van der Waals surface area contributed by atoms with Gasteiger partial charge in [-0.15, -0.1) is 0 Å². The van der Waals surface area contributed by atoms with Crippen LogP contribution in [0.1, 0.15) is 12.5 Å². The number of benzene rings is 3. The molecule has 0 unspecified atom stereocenters.